The zero-order valence-corrected chi connectivity index (χ0v) is 14.1. The number of anilines is 1. The van der Waals surface area contributed by atoms with Crippen LogP contribution in [0.25, 0.3) is 5.69 Å². The van der Waals surface area contributed by atoms with E-state index in [-0.39, 0.29) is 17.1 Å². The molecule has 8 nitrogen and oxygen atoms in total. The van der Waals surface area contributed by atoms with Crippen molar-refractivity contribution in [2.24, 2.45) is 5.92 Å². The van der Waals surface area contributed by atoms with Gasteiger partial charge in [0.1, 0.15) is 5.69 Å². The van der Waals surface area contributed by atoms with E-state index < -0.39 is 12.0 Å². The summed E-state index contributed by atoms with van der Waals surface area (Å²) in [5.74, 6) is -0.599. The van der Waals surface area contributed by atoms with E-state index in [9.17, 15) is 9.59 Å². The summed E-state index contributed by atoms with van der Waals surface area (Å²) in [5.41, 5.74) is 1.20. The zero-order valence-electron chi connectivity index (χ0n) is 13.3. The summed E-state index contributed by atoms with van der Waals surface area (Å²) in [5, 5.41) is 15.5. The second-order valence-corrected chi connectivity index (χ2v) is 6.00. The fourth-order valence-electron chi connectivity index (χ4n) is 2.71. The van der Waals surface area contributed by atoms with Crippen LogP contribution in [0.3, 0.4) is 0 Å². The number of hydrogen-bond acceptors (Lipinski definition) is 4. The number of amides is 2. The Morgan fingerprint density at radius 2 is 2.24 bits per heavy atom. The van der Waals surface area contributed by atoms with Crippen molar-refractivity contribution in [2.45, 2.75) is 12.5 Å². The molecular formula is C16H16ClN5O3. The van der Waals surface area contributed by atoms with Crippen LogP contribution in [0.15, 0.2) is 42.9 Å². The molecule has 0 unspecified atom stereocenters. The summed E-state index contributed by atoms with van der Waals surface area (Å²) in [6.07, 6.45) is 7.60. The largest absolute Gasteiger partial charge is 0.465 e. The van der Waals surface area contributed by atoms with Gasteiger partial charge < -0.3 is 15.3 Å². The molecule has 0 saturated carbocycles. The van der Waals surface area contributed by atoms with Gasteiger partial charge in [0.2, 0.25) is 5.91 Å². The quantitative estimate of drug-likeness (QED) is 0.812. The van der Waals surface area contributed by atoms with E-state index in [1.165, 1.54) is 4.90 Å². The molecule has 2 heterocycles. The molecule has 25 heavy (non-hydrogen) atoms. The molecule has 0 bridgehead atoms. The Kier molecular flexibility index (Phi) is 4.71. The maximum Gasteiger partial charge on any atom is 0.405 e. The van der Waals surface area contributed by atoms with Gasteiger partial charge in [-0.1, -0.05) is 23.8 Å². The number of halogens is 1. The van der Waals surface area contributed by atoms with Gasteiger partial charge in [0, 0.05) is 13.2 Å². The van der Waals surface area contributed by atoms with E-state index in [0.717, 1.165) is 5.69 Å². The van der Waals surface area contributed by atoms with Crippen molar-refractivity contribution in [3.8, 4) is 5.69 Å². The van der Waals surface area contributed by atoms with Gasteiger partial charge in [-0.15, -0.1) is 0 Å². The number of carbonyl (C=O) groups is 2. The van der Waals surface area contributed by atoms with Crippen LogP contribution < -0.4 is 10.2 Å². The van der Waals surface area contributed by atoms with Crippen molar-refractivity contribution in [1.82, 2.24) is 20.1 Å². The van der Waals surface area contributed by atoms with E-state index in [2.05, 4.69) is 15.4 Å². The molecule has 0 aromatic carbocycles. The molecular weight excluding hydrogens is 346 g/mol. The first-order valence-corrected chi connectivity index (χ1v) is 7.94. The van der Waals surface area contributed by atoms with Gasteiger partial charge >= 0.3 is 6.09 Å². The fourth-order valence-corrected chi connectivity index (χ4v) is 2.96. The molecule has 2 aromatic heterocycles. The van der Waals surface area contributed by atoms with Gasteiger partial charge in [0.25, 0.3) is 0 Å². The smallest absolute Gasteiger partial charge is 0.405 e. The van der Waals surface area contributed by atoms with Crippen molar-refractivity contribution in [1.29, 1.82) is 0 Å². The number of nitrogens with one attached hydrogen (secondary N) is 1. The number of carboxylic acid groups (broad SMARTS) is 1. The Morgan fingerprint density at radius 3 is 2.92 bits per heavy atom. The minimum absolute atomic E-state index is 0.182. The van der Waals surface area contributed by atoms with Crippen LogP contribution in [-0.2, 0) is 4.79 Å². The Hall–Kier alpha value is -2.87. The lowest BCUT2D eigenvalue weighted by Gasteiger charge is -2.20. The van der Waals surface area contributed by atoms with Crippen molar-refractivity contribution in [3.63, 3.8) is 0 Å². The highest BCUT2D eigenvalue weighted by molar-refractivity contribution is 6.32. The topological polar surface area (TPSA) is 100 Å². The minimum Gasteiger partial charge on any atom is -0.465 e. The van der Waals surface area contributed by atoms with Crippen molar-refractivity contribution < 1.29 is 14.7 Å². The number of nitrogens with zero attached hydrogens (tertiary/aromatic N) is 4. The SMILES string of the molecule is CN(C(=O)[C@@H]1C=C[C@H](NC(=O)O)C1)c1cn(-c2cccnc2)nc1Cl. The molecule has 3 rings (SSSR count). The molecule has 1 aliphatic carbocycles. The number of carbonyl (C=O) groups excluding carboxylic acids is 1. The lowest BCUT2D eigenvalue weighted by Crippen LogP contribution is -2.35. The zero-order chi connectivity index (χ0) is 18.0. The van der Waals surface area contributed by atoms with Gasteiger partial charge in [0.05, 0.1) is 30.0 Å². The molecule has 2 amide bonds. The predicted molar refractivity (Wildman–Crippen MR) is 92.0 cm³/mol. The molecule has 1 aliphatic rings. The van der Waals surface area contributed by atoms with Crippen molar-refractivity contribution in [2.75, 3.05) is 11.9 Å². The van der Waals surface area contributed by atoms with Gasteiger partial charge in [-0.3, -0.25) is 9.78 Å². The van der Waals surface area contributed by atoms with Gasteiger partial charge in [0.15, 0.2) is 5.15 Å². The van der Waals surface area contributed by atoms with Crippen LogP contribution in [-0.4, -0.2) is 45.0 Å². The van der Waals surface area contributed by atoms with Crippen LogP contribution in [0.5, 0.6) is 0 Å². The Balaban J connectivity index is 1.74. The molecule has 0 spiro atoms. The Morgan fingerprint density at radius 1 is 1.44 bits per heavy atom. The van der Waals surface area contributed by atoms with Gasteiger partial charge in [-0.05, 0) is 18.6 Å². The van der Waals surface area contributed by atoms with Crippen LogP contribution >= 0.6 is 11.6 Å². The third-order valence-corrected chi connectivity index (χ3v) is 4.23. The maximum atomic E-state index is 12.7. The van der Waals surface area contributed by atoms with E-state index in [1.54, 1.807) is 48.5 Å². The summed E-state index contributed by atoms with van der Waals surface area (Å²) in [4.78, 5) is 28.8. The van der Waals surface area contributed by atoms with E-state index in [1.807, 2.05) is 6.07 Å². The van der Waals surface area contributed by atoms with E-state index in [4.69, 9.17) is 16.7 Å². The molecule has 130 valence electrons. The van der Waals surface area contributed by atoms with Crippen LogP contribution in [0, 0.1) is 5.92 Å². The molecule has 2 aromatic rings. The van der Waals surface area contributed by atoms with E-state index >= 15 is 0 Å². The van der Waals surface area contributed by atoms with Crippen LogP contribution in [0.4, 0.5) is 10.5 Å². The highest BCUT2D eigenvalue weighted by Crippen LogP contribution is 2.28. The molecule has 0 fully saturated rings. The third kappa shape index (κ3) is 3.63. The minimum atomic E-state index is -1.11. The fraction of sp³-hybridized carbons (Fsp3) is 0.250. The first kappa shape index (κ1) is 17.0. The average Bonchev–Trinajstić information content (AvgIpc) is 3.20. The first-order valence-electron chi connectivity index (χ1n) is 7.56. The van der Waals surface area contributed by atoms with Crippen molar-refractivity contribution in [3.05, 3.63) is 48.0 Å². The predicted octanol–water partition coefficient (Wildman–Crippen LogP) is 2.10. The molecule has 2 atom stereocenters. The lowest BCUT2D eigenvalue weighted by molar-refractivity contribution is -0.120. The maximum absolute atomic E-state index is 12.7. The number of rotatable bonds is 4. The van der Waals surface area contributed by atoms with Gasteiger partial charge in [-0.2, -0.15) is 5.10 Å². The summed E-state index contributed by atoms with van der Waals surface area (Å²) in [6.45, 7) is 0. The normalized spacial score (nSPS) is 19.0. The molecule has 9 heteroatoms. The van der Waals surface area contributed by atoms with Gasteiger partial charge in [-0.25, -0.2) is 9.48 Å². The standard InChI is InChI=1S/C16H16ClN5O3/c1-21(15(23)10-4-5-11(7-10)19-16(24)25)13-9-22(20-14(13)17)12-3-2-6-18-8-12/h2-6,8-11,19H,7H2,1H3,(H,24,25)/t10-,11+/m1/s1. The molecule has 0 saturated heterocycles. The van der Waals surface area contributed by atoms with Crippen molar-refractivity contribution >= 4 is 29.3 Å². The Bertz CT molecular complexity index is 820. The summed E-state index contributed by atoms with van der Waals surface area (Å²) >= 11 is 6.18. The highest BCUT2D eigenvalue weighted by Gasteiger charge is 2.29. The monoisotopic (exact) mass is 361 g/mol. The highest BCUT2D eigenvalue weighted by atomic mass is 35.5. The number of hydrogen-bond donors (Lipinski definition) is 2. The summed E-state index contributed by atoms with van der Waals surface area (Å²) in [6, 6.07) is 3.23. The summed E-state index contributed by atoms with van der Waals surface area (Å²) in [7, 11) is 1.62. The average molecular weight is 362 g/mol. The summed E-state index contributed by atoms with van der Waals surface area (Å²) < 4.78 is 1.55. The number of pyridine rings is 1. The molecule has 0 radical (unpaired) electrons. The molecule has 2 N–H and O–H groups in total. The van der Waals surface area contributed by atoms with Crippen LogP contribution in [0.1, 0.15) is 6.42 Å². The molecule has 0 aliphatic heterocycles. The lowest BCUT2D eigenvalue weighted by atomic mass is 10.1. The first-order chi connectivity index (χ1) is 12.0. The second-order valence-electron chi connectivity index (χ2n) is 5.64. The number of aromatic nitrogens is 3. The second kappa shape index (κ2) is 6.94. The third-order valence-electron chi connectivity index (χ3n) is 3.96. The van der Waals surface area contributed by atoms with E-state index in [0.29, 0.717) is 12.1 Å². The van der Waals surface area contributed by atoms with Crippen LogP contribution in [0.2, 0.25) is 5.15 Å². The Labute approximate surface area is 148 Å².